The number of nitrogens with zero attached hydrogens (tertiary/aromatic N) is 3. The molecule has 3 rings (SSSR count). The highest BCUT2D eigenvalue weighted by molar-refractivity contribution is 7.98. The molecule has 4 nitrogen and oxygen atoms in total. The van der Waals surface area contributed by atoms with Crippen LogP contribution in [0.3, 0.4) is 0 Å². The molecular weight excluding hydrogens is 338 g/mol. The monoisotopic (exact) mass is 355 g/mol. The fourth-order valence-electron chi connectivity index (χ4n) is 2.44. The van der Waals surface area contributed by atoms with Crippen LogP contribution >= 0.6 is 23.1 Å². The molecule has 0 aliphatic rings. The third-order valence-electron chi connectivity index (χ3n) is 3.76. The highest BCUT2D eigenvalue weighted by atomic mass is 32.2. The summed E-state index contributed by atoms with van der Waals surface area (Å²) in [7, 11) is 0. The lowest BCUT2D eigenvalue weighted by Gasteiger charge is -2.12. The first kappa shape index (κ1) is 16.7. The highest BCUT2D eigenvalue weighted by Gasteiger charge is 2.13. The van der Waals surface area contributed by atoms with Crippen LogP contribution in [0.5, 0.6) is 0 Å². The number of fused-ring (bicyclic) bond motifs is 1. The topological polar surface area (TPSA) is 58.7 Å². The van der Waals surface area contributed by atoms with E-state index in [2.05, 4.69) is 18.0 Å². The number of nitriles is 1. The normalized spacial score (nSPS) is 10.8. The molecule has 0 spiro atoms. The van der Waals surface area contributed by atoms with E-state index in [9.17, 15) is 10.1 Å². The largest absolute Gasteiger partial charge is 0.286 e. The first-order chi connectivity index (χ1) is 11.7. The Labute approximate surface area is 148 Å². The van der Waals surface area contributed by atoms with Crippen LogP contribution in [0.2, 0.25) is 0 Å². The maximum absolute atomic E-state index is 12.7. The van der Waals surface area contributed by atoms with Gasteiger partial charge in [-0.1, -0.05) is 43.3 Å². The van der Waals surface area contributed by atoms with Crippen molar-refractivity contribution in [2.24, 2.45) is 0 Å². The van der Waals surface area contributed by atoms with Crippen LogP contribution < -0.4 is 5.56 Å². The summed E-state index contributed by atoms with van der Waals surface area (Å²) in [5, 5.41) is 11.8. The van der Waals surface area contributed by atoms with E-state index in [1.807, 2.05) is 35.7 Å². The van der Waals surface area contributed by atoms with E-state index in [1.54, 1.807) is 4.57 Å². The number of hydrogen-bond donors (Lipinski definition) is 0. The van der Waals surface area contributed by atoms with Crippen molar-refractivity contribution in [1.29, 1.82) is 5.26 Å². The summed E-state index contributed by atoms with van der Waals surface area (Å²) in [5.41, 5.74) is 2.43. The Morgan fingerprint density at radius 1 is 1.33 bits per heavy atom. The Balaban J connectivity index is 1.95. The van der Waals surface area contributed by atoms with Gasteiger partial charge in [-0.2, -0.15) is 5.26 Å². The number of thioether (sulfide) groups is 1. The summed E-state index contributed by atoms with van der Waals surface area (Å²) in [4.78, 5) is 17.4. The van der Waals surface area contributed by atoms with Crippen LogP contribution in [-0.2, 0) is 12.3 Å². The van der Waals surface area contributed by atoms with Crippen LogP contribution in [0.25, 0.3) is 10.2 Å². The van der Waals surface area contributed by atoms with Gasteiger partial charge in [-0.05, 0) is 29.5 Å². The number of rotatable bonds is 6. The fourth-order valence-corrected chi connectivity index (χ4v) is 4.25. The molecule has 3 aromatic rings. The van der Waals surface area contributed by atoms with Crippen molar-refractivity contribution in [3.63, 3.8) is 0 Å². The summed E-state index contributed by atoms with van der Waals surface area (Å²) < 4.78 is 2.50. The van der Waals surface area contributed by atoms with Crippen LogP contribution in [0.1, 0.15) is 30.9 Å². The van der Waals surface area contributed by atoms with Crippen molar-refractivity contribution in [1.82, 2.24) is 9.55 Å². The van der Waals surface area contributed by atoms with Crippen molar-refractivity contribution in [3.05, 3.63) is 57.2 Å². The Morgan fingerprint density at radius 3 is 2.96 bits per heavy atom. The summed E-state index contributed by atoms with van der Waals surface area (Å²) in [6.07, 6.45) is 1.97. The lowest BCUT2D eigenvalue weighted by molar-refractivity contribution is 0.558. The van der Waals surface area contributed by atoms with Gasteiger partial charge in [0, 0.05) is 12.3 Å². The zero-order chi connectivity index (χ0) is 16.9. The van der Waals surface area contributed by atoms with Crippen molar-refractivity contribution in [2.75, 3.05) is 0 Å². The summed E-state index contributed by atoms with van der Waals surface area (Å²) in [5.74, 6) is 0.623. The first-order valence-corrected chi connectivity index (χ1v) is 9.70. The van der Waals surface area contributed by atoms with Gasteiger partial charge < -0.3 is 0 Å². The number of aromatic nitrogens is 2. The zero-order valence-corrected chi connectivity index (χ0v) is 15.0. The lowest BCUT2D eigenvalue weighted by Crippen LogP contribution is -2.22. The fraction of sp³-hybridized carbons (Fsp3) is 0.278. The molecule has 24 heavy (non-hydrogen) atoms. The molecule has 0 saturated heterocycles. The third kappa shape index (κ3) is 3.37. The molecular formula is C18H17N3OS2. The van der Waals surface area contributed by atoms with Crippen LogP contribution in [-0.4, -0.2) is 9.55 Å². The molecule has 0 amide bonds. The molecule has 0 radical (unpaired) electrons. The molecule has 0 unspecified atom stereocenters. The van der Waals surface area contributed by atoms with E-state index in [-0.39, 0.29) is 5.56 Å². The SMILES string of the molecule is CCCCn1c(SCc2ccccc2C#N)nc2ccsc2c1=O. The van der Waals surface area contributed by atoms with Crippen LogP contribution in [0.15, 0.2) is 45.7 Å². The maximum Gasteiger partial charge on any atom is 0.272 e. The summed E-state index contributed by atoms with van der Waals surface area (Å²) >= 11 is 2.96. The molecule has 2 heterocycles. The highest BCUT2D eigenvalue weighted by Crippen LogP contribution is 2.25. The van der Waals surface area contributed by atoms with E-state index >= 15 is 0 Å². The van der Waals surface area contributed by atoms with Gasteiger partial charge in [0.05, 0.1) is 17.1 Å². The second-order valence-electron chi connectivity index (χ2n) is 5.40. The van der Waals surface area contributed by atoms with Gasteiger partial charge in [-0.3, -0.25) is 9.36 Å². The second kappa shape index (κ2) is 7.65. The van der Waals surface area contributed by atoms with Crippen LogP contribution in [0.4, 0.5) is 0 Å². The van der Waals surface area contributed by atoms with Crippen molar-refractivity contribution < 1.29 is 0 Å². The Hall–Kier alpha value is -2.10. The van der Waals surface area contributed by atoms with Gasteiger partial charge in [0.1, 0.15) is 4.70 Å². The molecule has 0 aliphatic heterocycles. The van der Waals surface area contributed by atoms with Gasteiger partial charge in [-0.15, -0.1) is 11.3 Å². The number of hydrogen-bond acceptors (Lipinski definition) is 5. The van der Waals surface area contributed by atoms with E-state index in [1.165, 1.54) is 23.1 Å². The minimum absolute atomic E-state index is 0.0412. The molecule has 0 saturated carbocycles. The summed E-state index contributed by atoms with van der Waals surface area (Å²) in [6, 6.07) is 11.7. The number of benzene rings is 1. The van der Waals surface area contributed by atoms with Crippen molar-refractivity contribution in [3.8, 4) is 6.07 Å². The maximum atomic E-state index is 12.7. The van der Waals surface area contributed by atoms with Gasteiger partial charge >= 0.3 is 0 Å². The van der Waals surface area contributed by atoms with Crippen LogP contribution in [0, 0.1) is 11.3 Å². The van der Waals surface area contributed by atoms with E-state index < -0.39 is 0 Å². The zero-order valence-electron chi connectivity index (χ0n) is 13.4. The number of thiophene rings is 1. The molecule has 2 aromatic heterocycles. The van der Waals surface area contributed by atoms with Crippen molar-refractivity contribution >= 4 is 33.3 Å². The van der Waals surface area contributed by atoms with E-state index in [4.69, 9.17) is 0 Å². The lowest BCUT2D eigenvalue weighted by atomic mass is 10.1. The molecule has 0 N–H and O–H groups in total. The minimum atomic E-state index is 0.0412. The molecule has 0 fully saturated rings. The Kier molecular flexibility index (Phi) is 5.34. The number of unbranched alkanes of at least 4 members (excludes halogenated alkanes) is 1. The van der Waals surface area contributed by atoms with E-state index in [0.717, 1.165) is 29.1 Å². The van der Waals surface area contributed by atoms with Gasteiger partial charge in [0.15, 0.2) is 5.16 Å². The predicted molar refractivity (Wildman–Crippen MR) is 99.5 cm³/mol. The second-order valence-corrected chi connectivity index (χ2v) is 7.26. The quantitative estimate of drug-likeness (QED) is 0.485. The molecule has 122 valence electrons. The average molecular weight is 355 g/mol. The molecule has 6 heteroatoms. The van der Waals surface area contributed by atoms with Gasteiger partial charge in [0.25, 0.3) is 5.56 Å². The average Bonchev–Trinajstić information content (AvgIpc) is 3.08. The molecule has 1 aromatic carbocycles. The standard InChI is InChI=1S/C18H17N3OS2/c1-2-3-9-21-17(22)16-15(8-10-23-16)20-18(21)24-12-14-7-5-4-6-13(14)11-19/h4-8,10H,2-3,9,12H2,1H3. The molecule has 0 atom stereocenters. The van der Waals surface area contributed by atoms with Gasteiger partial charge in [0.2, 0.25) is 0 Å². The van der Waals surface area contributed by atoms with E-state index in [0.29, 0.717) is 22.6 Å². The smallest absolute Gasteiger partial charge is 0.272 e. The molecule has 0 bridgehead atoms. The first-order valence-electron chi connectivity index (χ1n) is 7.83. The minimum Gasteiger partial charge on any atom is -0.286 e. The Bertz CT molecular complexity index is 953. The van der Waals surface area contributed by atoms with Crippen molar-refractivity contribution in [2.45, 2.75) is 37.2 Å². The summed E-state index contributed by atoms with van der Waals surface area (Å²) in [6.45, 7) is 2.79. The third-order valence-corrected chi connectivity index (χ3v) is 5.68. The molecule has 0 aliphatic carbocycles. The van der Waals surface area contributed by atoms with Gasteiger partial charge in [-0.25, -0.2) is 4.98 Å². The predicted octanol–water partition coefficient (Wildman–Crippen LogP) is 4.42. The Morgan fingerprint density at radius 2 is 2.17 bits per heavy atom.